The number of benzene rings is 1. The molecular formula is C9H8Cl2N2O3S2. The maximum atomic E-state index is 12.0. The molecule has 9 heteroatoms. The molecule has 0 fully saturated rings. The van der Waals surface area contributed by atoms with Gasteiger partial charge in [-0.15, -0.1) is 4.40 Å². The predicted molar refractivity (Wildman–Crippen MR) is 74.2 cm³/mol. The zero-order valence-corrected chi connectivity index (χ0v) is 12.3. The van der Waals surface area contributed by atoms with Gasteiger partial charge >= 0.3 is 0 Å². The molecule has 0 aliphatic carbocycles. The zero-order valence-electron chi connectivity index (χ0n) is 9.11. The lowest BCUT2D eigenvalue weighted by molar-refractivity contribution is 0.259. The van der Waals surface area contributed by atoms with Crippen LogP contribution in [0, 0.1) is 0 Å². The van der Waals surface area contributed by atoms with Crippen molar-refractivity contribution in [2.75, 3.05) is 18.4 Å². The Morgan fingerprint density at radius 2 is 2.17 bits per heavy atom. The van der Waals surface area contributed by atoms with Crippen molar-refractivity contribution in [3.05, 3.63) is 22.2 Å². The van der Waals surface area contributed by atoms with E-state index in [9.17, 15) is 8.42 Å². The summed E-state index contributed by atoms with van der Waals surface area (Å²) in [4.78, 5) is -0.0599. The van der Waals surface area contributed by atoms with Crippen LogP contribution in [0.25, 0.3) is 0 Å². The fourth-order valence-corrected chi connectivity index (χ4v) is 4.14. The van der Waals surface area contributed by atoms with E-state index in [1.54, 1.807) is 0 Å². The van der Waals surface area contributed by atoms with Crippen LogP contribution in [0.4, 0.5) is 5.69 Å². The molecule has 0 saturated carbocycles. The lowest BCUT2D eigenvalue weighted by Gasteiger charge is -2.18. The largest absolute Gasteiger partial charge is 0.374 e. The van der Waals surface area contributed by atoms with Gasteiger partial charge in [-0.1, -0.05) is 35.0 Å². The molecule has 0 unspecified atom stereocenters. The Morgan fingerprint density at radius 3 is 2.83 bits per heavy atom. The van der Waals surface area contributed by atoms with E-state index >= 15 is 0 Å². The topological polar surface area (TPSA) is 67.8 Å². The first-order chi connectivity index (χ1) is 8.44. The molecule has 0 saturated heterocycles. The van der Waals surface area contributed by atoms with Crippen molar-refractivity contribution in [3.8, 4) is 0 Å². The summed E-state index contributed by atoms with van der Waals surface area (Å²) >= 11 is 12.8. The summed E-state index contributed by atoms with van der Waals surface area (Å²) in [7, 11) is -2.30. The molecule has 0 spiro atoms. The molecule has 0 amide bonds. The predicted octanol–water partition coefficient (Wildman–Crippen LogP) is 2.80. The van der Waals surface area contributed by atoms with Crippen LogP contribution in [0.15, 0.2) is 21.4 Å². The number of rotatable bonds is 2. The highest BCUT2D eigenvalue weighted by atomic mass is 35.5. The fraction of sp³-hybridized carbons (Fsp3) is 0.222. The molecule has 1 N–H and O–H groups in total. The Balaban J connectivity index is 2.48. The summed E-state index contributed by atoms with van der Waals surface area (Å²) in [5.74, 6) is 0.283. The van der Waals surface area contributed by atoms with Crippen molar-refractivity contribution in [1.29, 1.82) is 0 Å². The average Bonchev–Trinajstić information content (AvgIpc) is 2.23. The van der Waals surface area contributed by atoms with Crippen LogP contribution < -0.4 is 5.32 Å². The van der Waals surface area contributed by atoms with Crippen LogP contribution in [-0.4, -0.2) is 26.6 Å². The monoisotopic (exact) mass is 326 g/mol. The number of ether oxygens (including phenoxy) is 1. The Morgan fingerprint density at radius 1 is 1.44 bits per heavy atom. The maximum Gasteiger partial charge on any atom is 0.288 e. The number of methoxy groups -OCH3 is 1. The normalized spacial score (nSPS) is 16.7. The summed E-state index contributed by atoms with van der Waals surface area (Å²) in [5, 5.41) is 3.47. The fourth-order valence-electron chi connectivity index (χ4n) is 1.39. The van der Waals surface area contributed by atoms with Crippen molar-refractivity contribution in [2.45, 2.75) is 4.90 Å². The third kappa shape index (κ3) is 2.75. The number of hydrogen-bond acceptors (Lipinski definition) is 5. The molecule has 98 valence electrons. The minimum absolute atomic E-state index is 0.0459. The van der Waals surface area contributed by atoms with Crippen molar-refractivity contribution < 1.29 is 13.2 Å². The Hall–Kier alpha value is -0.470. The Kier molecular flexibility index (Phi) is 4.08. The van der Waals surface area contributed by atoms with Gasteiger partial charge in [0.25, 0.3) is 10.0 Å². The zero-order chi connectivity index (χ0) is 13.3. The van der Waals surface area contributed by atoms with Crippen molar-refractivity contribution in [2.24, 2.45) is 4.40 Å². The molecular weight excluding hydrogens is 319 g/mol. The van der Waals surface area contributed by atoms with Gasteiger partial charge < -0.3 is 10.1 Å². The molecule has 18 heavy (non-hydrogen) atoms. The number of anilines is 1. The second-order valence-electron chi connectivity index (χ2n) is 3.31. The quantitative estimate of drug-likeness (QED) is 0.846. The molecule has 1 heterocycles. The van der Waals surface area contributed by atoms with E-state index in [1.165, 1.54) is 19.2 Å². The third-order valence-electron chi connectivity index (χ3n) is 2.02. The highest BCUT2D eigenvalue weighted by Crippen LogP contribution is 2.37. The van der Waals surface area contributed by atoms with E-state index < -0.39 is 10.0 Å². The van der Waals surface area contributed by atoms with Gasteiger partial charge in [0.2, 0.25) is 0 Å². The van der Waals surface area contributed by atoms with Crippen molar-refractivity contribution in [1.82, 2.24) is 0 Å². The maximum absolute atomic E-state index is 12.0. The molecule has 1 aliphatic heterocycles. The first-order valence-corrected chi connectivity index (χ1v) is 7.85. The van der Waals surface area contributed by atoms with Crippen molar-refractivity contribution in [3.63, 3.8) is 0 Å². The van der Waals surface area contributed by atoms with Gasteiger partial charge in [0.15, 0.2) is 5.17 Å². The average molecular weight is 327 g/mol. The smallest absolute Gasteiger partial charge is 0.288 e. The number of nitrogens with one attached hydrogen (secondary N) is 1. The number of amidine groups is 1. The van der Waals surface area contributed by atoms with E-state index in [1.807, 2.05) is 0 Å². The van der Waals surface area contributed by atoms with Crippen LogP contribution in [-0.2, 0) is 14.8 Å². The van der Waals surface area contributed by atoms with Gasteiger partial charge in [-0.05, 0) is 12.1 Å². The SMILES string of the molecule is COCSC1=NS(=O)(=O)c2c(Cl)cc(Cl)cc2N1. The van der Waals surface area contributed by atoms with Gasteiger partial charge in [-0.3, -0.25) is 0 Å². The standard InChI is InChI=1S/C9H8Cl2N2O3S2/c1-16-4-17-9-12-7-3-5(10)2-6(11)8(7)18(14,15)13-9/h2-3H,4H2,1H3,(H,12,13). The third-order valence-corrected chi connectivity index (χ3v) is 4.97. The number of thioether (sulfide) groups is 1. The second kappa shape index (κ2) is 5.26. The molecule has 0 radical (unpaired) electrons. The Bertz CT molecular complexity index is 616. The Labute approximate surface area is 119 Å². The van der Waals surface area contributed by atoms with Gasteiger partial charge in [0, 0.05) is 12.1 Å². The van der Waals surface area contributed by atoms with E-state index in [0.29, 0.717) is 10.7 Å². The molecule has 2 rings (SSSR count). The first-order valence-electron chi connectivity index (χ1n) is 4.67. The van der Waals surface area contributed by atoms with E-state index in [-0.39, 0.29) is 21.0 Å². The summed E-state index contributed by atoms with van der Waals surface area (Å²) in [6, 6.07) is 2.85. The molecule has 0 bridgehead atoms. The van der Waals surface area contributed by atoms with E-state index in [4.69, 9.17) is 27.9 Å². The summed E-state index contributed by atoms with van der Waals surface area (Å²) in [6.45, 7) is 0. The molecule has 5 nitrogen and oxygen atoms in total. The number of halogens is 2. The lowest BCUT2D eigenvalue weighted by Crippen LogP contribution is -2.19. The van der Waals surface area contributed by atoms with E-state index in [2.05, 4.69) is 9.71 Å². The molecule has 1 aromatic carbocycles. The van der Waals surface area contributed by atoms with Crippen LogP contribution >= 0.6 is 35.0 Å². The second-order valence-corrected chi connectivity index (χ2v) is 6.61. The number of nitrogens with zero attached hydrogens (tertiary/aromatic N) is 1. The minimum atomic E-state index is -3.81. The number of hydrogen-bond donors (Lipinski definition) is 1. The van der Waals surface area contributed by atoms with Crippen LogP contribution in [0.5, 0.6) is 0 Å². The highest BCUT2D eigenvalue weighted by Gasteiger charge is 2.28. The van der Waals surface area contributed by atoms with E-state index in [0.717, 1.165) is 11.8 Å². The summed E-state index contributed by atoms with van der Waals surface area (Å²) in [6.07, 6.45) is 0. The molecule has 1 aromatic rings. The van der Waals surface area contributed by atoms with Gasteiger partial charge in [-0.2, -0.15) is 8.42 Å². The number of sulfonamides is 1. The van der Waals surface area contributed by atoms with Crippen LogP contribution in [0.1, 0.15) is 0 Å². The van der Waals surface area contributed by atoms with Gasteiger partial charge in [0.05, 0.1) is 16.6 Å². The highest BCUT2D eigenvalue weighted by molar-refractivity contribution is 8.14. The van der Waals surface area contributed by atoms with Crippen molar-refractivity contribution >= 4 is 55.8 Å². The van der Waals surface area contributed by atoms with Gasteiger partial charge in [0.1, 0.15) is 4.90 Å². The van der Waals surface area contributed by atoms with Crippen LogP contribution in [0.2, 0.25) is 10.0 Å². The minimum Gasteiger partial charge on any atom is -0.374 e. The molecule has 0 atom stereocenters. The molecule has 0 aromatic heterocycles. The molecule has 1 aliphatic rings. The summed E-state index contributed by atoms with van der Waals surface area (Å²) < 4.78 is 32.4. The summed E-state index contributed by atoms with van der Waals surface area (Å²) in [5.41, 5.74) is 0.320. The first kappa shape index (κ1) is 14.0. The van der Waals surface area contributed by atoms with Gasteiger partial charge in [-0.25, -0.2) is 0 Å². The number of fused-ring (bicyclic) bond motifs is 1. The van der Waals surface area contributed by atoms with Crippen LogP contribution in [0.3, 0.4) is 0 Å². The lowest BCUT2D eigenvalue weighted by atomic mass is 10.3.